The van der Waals surface area contributed by atoms with Crippen molar-refractivity contribution in [2.75, 3.05) is 32.4 Å². The smallest absolute Gasteiger partial charge is 0.263 e. The average Bonchev–Trinajstić information content (AvgIpc) is 2.77. The van der Waals surface area contributed by atoms with Gasteiger partial charge in [0.15, 0.2) is 0 Å². The molecule has 0 unspecified atom stereocenters. The lowest BCUT2D eigenvalue weighted by atomic mass is 10.2. The van der Waals surface area contributed by atoms with E-state index < -0.39 is 0 Å². The number of nitrogen functional groups attached to an aromatic ring is 1. The van der Waals surface area contributed by atoms with Gasteiger partial charge >= 0.3 is 0 Å². The van der Waals surface area contributed by atoms with Crippen LogP contribution < -0.4 is 11.1 Å². The van der Waals surface area contributed by atoms with Gasteiger partial charge in [0.25, 0.3) is 5.91 Å². The molecule has 6 heteroatoms. The molecular weight excluding hydrogens is 272 g/mol. The van der Waals surface area contributed by atoms with E-state index in [4.69, 9.17) is 5.73 Å². The van der Waals surface area contributed by atoms with Crippen molar-refractivity contribution in [1.29, 1.82) is 0 Å². The van der Waals surface area contributed by atoms with Crippen LogP contribution in [-0.2, 0) is 0 Å². The van der Waals surface area contributed by atoms with Gasteiger partial charge in [0.1, 0.15) is 9.71 Å². The number of hydrogen-bond donors (Lipinski definition) is 2. The van der Waals surface area contributed by atoms with Gasteiger partial charge in [0.2, 0.25) is 0 Å². The monoisotopic (exact) mass is 292 g/mol. The normalized spacial score (nSPS) is 11.2. The second kappa shape index (κ2) is 6.19. The van der Waals surface area contributed by atoms with Gasteiger partial charge in [-0.05, 0) is 32.1 Å². The molecule has 0 atom stereocenters. The van der Waals surface area contributed by atoms with E-state index in [0.717, 1.165) is 28.9 Å². The van der Waals surface area contributed by atoms with E-state index in [-0.39, 0.29) is 5.91 Å². The van der Waals surface area contributed by atoms with Crippen LogP contribution >= 0.6 is 11.3 Å². The predicted molar refractivity (Wildman–Crippen MR) is 84.3 cm³/mol. The summed E-state index contributed by atoms with van der Waals surface area (Å²) in [5.41, 5.74) is 7.69. The Morgan fingerprint density at radius 2 is 2.30 bits per heavy atom. The van der Waals surface area contributed by atoms with Crippen molar-refractivity contribution in [2.24, 2.45) is 0 Å². The van der Waals surface area contributed by atoms with E-state index in [1.807, 2.05) is 20.0 Å². The molecule has 20 heavy (non-hydrogen) atoms. The van der Waals surface area contributed by atoms with Gasteiger partial charge in [-0.2, -0.15) is 0 Å². The number of fused-ring (bicyclic) bond motifs is 1. The largest absolute Gasteiger partial charge is 0.397 e. The lowest BCUT2D eigenvalue weighted by Crippen LogP contribution is -2.32. The van der Waals surface area contributed by atoms with Crippen LogP contribution in [0, 0.1) is 6.92 Å². The molecule has 108 valence electrons. The molecule has 3 N–H and O–H groups in total. The molecule has 0 aliphatic carbocycles. The highest BCUT2D eigenvalue weighted by Crippen LogP contribution is 2.33. The van der Waals surface area contributed by atoms with Crippen LogP contribution in [0.15, 0.2) is 12.3 Å². The summed E-state index contributed by atoms with van der Waals surface area (Å²) >= 11 is 1.35. The minimum atomic E-state index is -0.116. The van der Waals surface area contributed by atoms with Crippen molar-refractivity contribution in [3.8, 4) is 0 Å². The number of nitrogens with two attached hydrogens (primary N) is 1. The highest BCUT2D eigenvalue weighted by atomic mass is 32.1. The zero-order chi connectivity index (χ0) is 14.7. The Balaban J connectivity index is 2.15. The quantitative estimate of drug-likeness (QED) is 0.882. The second-order valence-corrected chi connectivity index (χ2v) is 5.80. The van der Waals surface area contributed by atoms with Crippen LogP contribution in [-0.4, -0.2) is 42.5 Å². The van der Waals surface area contributed by atoms with Crippen LogP contribution in [0.25, 0.3) is 10.2 Å². The summed E-state index contributed by atoms with van der Waals surface area (Å²) in [7, 11) is 2.02. The molecule has 2 heterocycles. The zero-order valence-corrected chi connectivity index (χ0v) is 12.9. The second-order valence-electron chi connectivity index (χ2n) is 4.80. The molecule has 0 saturated carbocycles. The highest BCUT2D eigenvalue weighted by molar-refractivity contribution is 7.21. The molecule has 0 saturated heterocycles. The van der Waals surface area contributed by atoms with Gasteiger partial charge in [-0.1, -0.05) is 6.92 Å². The summed E-state index contributed by atoms with van der Waals surface area (Å²) in [4.78, 5) is 20.0. The number of anilines is 1. The Morgan fingerprint density at radius 1 is 1.55 bits per heavy atom. The number of nitrogens with zero attached hydrogens (tertiary/aromatic N) is 2. The number of amides is 1. The first-order valence-electron chi connectivity index (χ1n) is 6.65. The zero-order valence-electron chi connectivity index (χ0n) is 12.1. The Hall–Kier alpha value is -1.66. The fourth-order valence-corrected chi connectivity index (χ4v) is 3.03. The van der Waals surface area contributed by atoms with Crippen LogP contribution in [0.4, 0.5) is 5.69 Å². The van der Waals surface area contributed by atoms with Gasteiger partial charge < -0.3 is 16.0 Å². The number of rotatable bonds is 5. The third-order valence-electron chi connectivity index (χ3n) is 3.36. The Kier molecular flexibility index (Phi) is 4.57. The van der Waals surface area contributed by atoms with Gasteiger partial charge in [0.05, 0.1) is 5.69 Å². The SMILES string of the molecule is CCN(C)CCNC(=O)c1sc2nccc(C)c2c1N. The molecule has 0 aromatic carbocycles. The first kappa shape index (κ1) is 14.7. The molecule has 1 amide bonds. The number of hydrogen-bond acceptors (Lipinski definition) is 5. The van der Waals surface area contributed by atoms with Crippen molar-refractivity contribution in [3.05, 3.63) is 22.7 Å². The van der Waals surface area contributed by atoms with Gasteiger partial charge in [-0.25, -0.2) is 4.98 Å². The Morgan fingerprint density at radius 3 is 2.95 bits per heavy atom. The van der Waals surface area contributed by atoms with E-state index >= 15 is 0 Å². The number of aromatic nitrogens is 1. The van der Waals surface area contributed by atoms with Crippen LogP contribution in [0.3, 0.4) is 0 Å². The highest BCUT2D eigenvalue weighted by Gasteiger charge is 2.17. The summed E-state index contributed by atoms with van der Waals surface area (Å²) in [6.45, 7) is 6.46. The molecule has 5 nitrogen and oxygen atoms in total. The summed E-state index contributed by atoms with van der Waals surface area (Å²) in [5, 5.41) is 3.80. The van der Waals surface area contributed by atoms with Crippen molar-refractivity contribution in [1.82, 2.24) is 15.2 Å². The number of thiophene rings is 1. The Bertz CT molecular complexity index is 623. The summed E-state index contributed by atoms with van der Waals surface area (Å²) in [6.07, 6.45) is 1.74. The number of carbonyl (C=O) groups is 1. The number of pyridine rings is 1. The maximum atomic E-state index is 12.2. The maximum Gasteiger partial charge on any atom is 0.263 e. The van der Waals surface area contributed by atoms with Gasteiger partial charge in [-0.15, -0.1) is 11.3 Å². The van der Waals surface area contributed by atoms with Crippen molar-refractivity contribution < 1.29 is 4.79 Å². The summed E-state index contributed by atoms with van der Waals surface area (Å²) in [5.74, 6) is -0.116. The van der Waals surface area contributed by atoms with E-state index in [0.29, 0.717) is 17.1 Å². The number of likely N-dealkylation sites (N-methyl/N-ethyl adjacent to an activating group) is 1. The number of carbonyl (C=O) groups excluding carboxylic acids is 1. The maximum absolute atomic E-state index is 12.2. The molecule has 2 aromatic heterocycles. The van der Waals surface area contributed by atoms with Crippen LogP contribution in [0.5, 0.6) is 0 Å². The first-order valence-corrected chi connectivity index (χ1v) is 7.46. The number of nitrogens with one attached hydrogen (secondary N) is 1. The van der Waals surface area contributed by atoms with Crippen LogP contribution in [0.1, 0.15) is 22.2 Å². The molecule has 0 bridgehead atoms. The first-order chi connectivity index (χ1) is 9.54. The van der Waals surface area contributed by atoms with Crippen molar-refractivity contribution in [3.63, 3.8) is 0 Å². The fraction of sp³-hybridized carbons (Fsp3) is 0.429. The Labute approximate surface area is 122 Å². The molecule has 2 aromatic rings. The van der Waals surface area contributed by atoms with Gasteiger partial charge in [0, 0.05) is 24.7 Å². The van der Waals surface area contributed by atoms with E-state index in [1.165, 1.54) is 11.3 Å². The minimum absolute atomic E-state index is 0.116. The van der Waals surface area contributed by atoms with E-state index in [9.17, 15) is 4.79 Å². The molecule has 0 spiro atoms. The third kappa shape index (κ3) is 2.91. The third-order valence-corrected chi connectivity index (χ3v) is 4.47. The molecule has 0 aliphatic heterocycles. The molecule has 0 aliphatic rings. The average molecular weight is 292 g/mol. The molecule has 0 radical (unpaired) electrons. The predicted octanol–water partition coefficient (Wildman–Crippen LogP) is 1.87. The molecule has 0 fully saturated rings. The standard InChI is InChI=1S/C14H20N4OS/c1-4-18(3)8-7-16-13(19)12-11(15)10-9(2)5-6-17-14(10)20-12/h5-6H,4,7-8,15H2,1-3H3,(H,16,19). The van der Waals surface area contributed by atoms with Crippen molar-refractivity contribution >= 4 is 33.1 Å². The summed E-state index contributed by atoms with van der Waals surface area (Å²) in [6, 6.07) is 1.91. The van der Waals surface area contributed by atoms with Crippen molar-refractivity contribution in [2.45, 2.75) is 13.8 Å². The molecule has 2 rings (SSSR count). The van der Waals surface area contributed by atoms with Crippen LogP contribution in [0.2, 0.25) is 0 Å². The topological polar surface area (TPSA) is 71.2 Å². The molecular formula is C14H20N4OS. The van der Waals surface area contributed by atoms with Gasteiger partial charge in [-0.3, -0.25) is 4.79 Å². The van der Waals surface area contributed by atoms with E-state index in [1.54, 1.807) is 6.20 Å². The lowest BCUT2D eigenvalue weighted by molar-refractivity contribution is 0.0955. The lowest BCUT2D eigenvalue weighted by Gasteiger charge is -2.13. The van der Waals surface area contributed by atoms with E-state index in [2.05, 4.69) is 22.1 Å². The summed E-state index contributed by atoms with van der Waals surface area (Å²) < 4.78 is 0. The fourth-order valence-electron chi connectivity index (χ4n) is 1.97. The number of aryl methyl sites for hydroxylation is 1. The minimum Gasteiger partial charge on any atom is -0.397 e.